The van der Waals surface area contributed by atoms with Crippen LogP contribution >= 0.6 is 15.9 Å². The van der Waals surface area contributed by atoms with Gasteiger partial charge in [0.25, 0.3) is 15.9 Å². The van der Waals surface area contributed by atoms with Crippen molar-refractivity contribution in [3.63, 3.8) is 0 Å². The van der Waals surface area contributed by atoms with E-state index in [1.165, 1.54) is 30.1 Å². The van der Waals surface area contributed by atoms with Crippen LogP contribution < -0.4 is 10.0 Å². The van der Waals surface area contributed by atoms with Gasteiger partial charge in [0.2, 0.25) is 0 Å². The Morgan fingerprint density at radius 1 is 1.43 bits per heavy atom. The molecule has 0 saturated carbocycles. The van der Waals surface area contributed by atoms with Gasteiger partial charge in [-0.05, 0) is 34.1 Å². The Balaban J connectivity index is 2.37. The number of pyridine rings is 1. The molecule has 7 nitrogen and oxygen atoms in total. The number of amides is 1. The molecule has 0 bridgehead atoms. The predicted molar refractivity (Wildman–Crippen MR) is 81.5 cm³/mol. The Morgan fingerprint density at radius 2 is 2.14 bits per heavy atom. The number of aryl methyl sites for hydroxylation is 1. The molecule has 2 rings (SSSR count). The van der Waals surface area contributed by atoms with Gasteiger partial charge in [-0.15, -0.1) is 0 Å². The number of aromatic nitrogens is 2. The second kappa shape index (κ2) is 5.86. The average Bonchev–Trinajstić information content (AvgIpc) is 2.83. The second-order valence-corrected chi connectivity index (χ2v) is 6.63. The summed E-state index contributed by atoms with van der Waals surface area (Å²) in [6.45, 7) is 0. The van der Waals surface area contributed by atoms with Gasteiger partial charge < -0.3 is 9.88 Å². The molecule has 9 heteroatoms. The average molecular weight is 373 g/mol. The van der Waals surface area contributed by atoms with E-state index < -0.39 is 10.0 Å². The zero-order valence-corrected chi connectivity index (χ0v) is 13.7. The number of carbonyl (C=O) groups excluding carboxylic acids is 1. The van der Waals surface area contributed by atoms with E-state index in [1.54, 1.807) is 19.2 Å². The highest BCUT2D eigenvalue weighted by molar-refractivity contribution is 9.10. The van der Waals surface area contributed by atoms with Crippen LogP contribution in [-0.2, 0) is 17.1 Å². The summed E-state index contributed by atoms with van der Waals surface area (Å²) in [6.07, 6.45) is 2.91. The lowest BCUT2D eigenvalue weighted by atomic mass is 10.4. The van der Waals surface area contributed by atoms with Crippen molar-refractivity contribution in [2.75, 3.05) is 11.8 Å². The molecule has 0 atom stereocenters. The fourth-order valence-electron chi connectivity index (χ4n) is 1.70. The van der Waals surface area contributed by atoms with Gasteiger partial charge in [-0.1, -0.05) is 0 Å². The van der Waals surface area contributed by atoms with Crippen molar-refractivity contribution in [2.24, 2.45) is 7.05 Å². The van der Waals surface area contributed by atoms with Gasteiger partial charge in [-0.25, -0.2) is 13.4 Å². The minimum absolute atomic E-state index is 0.000599. The molecule has 0 aliphatic rings. The van der Waals surface area contributed by atoms with Crippen molar-refractivity contribution in [3.05, 3.63) is 40.9 Å². The third-order valence-electron chi connectivity index (χ3n) is 2.75. The smallest absolute Gasteiger partial charge is 0.267 e. The number of sulfonamides is 1. The predicted octanol–water partition coefficient (Wildman–Crippen LogP) is 1.34. The highest BCUT2D eigenvalue weighted by Crippen LogP contribution is 2.23. The zero-order valence-electron chi connectivity index (χ0n) is 11.3. The van der Waals surface area contributed by atoms with Crippen molar-refractivity contribution in [2.45, 2.75) is 4.90 Å². The van der Waals surface area contributed by atoms with E-state index in [1.807, 2.05) is 0 Å². The number of nitrogens with zero attached hydrogens (tertiary/aromatic N) is 2. The minimum atomic E-state index is -3.80. The van der Waals surface area contributed by atoms with E-state index in [2.05, 4.69) is 31.0 Å². The molecule has 112 valence electrons. The summed E-state index contributed by atoms with van der Waals surface area (Å²) in [7, 11) is -0.719. The Kier molecular flexibility index (Phi) is 4.33. The topological polar surface area (TPSA) is 93.1 Å². The van der Waals surface area contributed by atoms with Crippen LogP contribution in [-0.4, -0.2) is 30.9 Å². The summed E-state index contributed by atoms with van der Waals surface area (Å²) in [5, 5.41) is 2.45. The molecule has 0 spiro atoms. The molecule has 21 heavy (non-hydrogen) atoms. The van der Waals surface area contributed by atoms with E-state index in [0.29, 0.717) is 10.3 Å². The van der Waals surface area contributed by atoms with Crippen LogP contribution in [0.15, 0.2) is 40.1 Å². The summed E-state index contributed by atoms with van der Waals surface area (Å²) in [5.41, 5.74) is 0.575. The van der Waals surface area contributed by atoms with E-state index in [9.17, 15) is 13.2 Å². The maximum Gasteiger partial charge on any atom is 0.267 e. The first-order chi connectivity index (χ1) is 9.85. The molecule has 1 amide bonds. The van der Waals surface area contributed by atoms with Gasteiger partial charge in [0.05, 0.1) is 5.69 Å². The van der Waals surface area contributed by atoms with Crippen molar-refractivity contribution in [1.29, 1.82) is 0 Å². The lowest BCUT2D eigenvalue weighted by molar-refractivity contribution is 0.0955. The molecule has 2 aromatic heterocycles. The third kappa shape index (κ3) is 3.24. The Bertz CT molecular complexity index is 786. The maximum atomic E-state index is 12.3. The normalized spacial score (nSPS) is 11.2. The van der Waals surface area contributed by atoms with Crippen LogP contribution in [0.2, 0.25) is 0 Å². The summed E-state index contributed by atoms with van der Waals surface area (Å²) < 4.78 is 28.9. The molecular weight excluding hydrogens is 360 g/mol. The molecule has 0 aliphatic heterocycles. The maximum absolute atomic E-state index is 12.3. The minimum Gasteiger partial charge on any atom is -0.354 e. The second-order valence-electron chi connectivity index (χ2n) is 4.20. The molecule has 0 radical (unpaired) electrons. The van der Waals surface area contributed by atoms with E-state index in [0.717, 1.165) is 0 Å². The van der Waals surface area contributed by atoms with Crippen LogP contribution in [0.3, 0.4) is 0 Å². The number of nitrogens with one attached hydrogen (secondary N) is 2. The van der Waals surface area contributed by atoms with E-state index >= 15 is 0 Å². The summed E-state index contributed by atoms with van der Waals surface area (Å²) in [4.78, 5) is 15.6. The van der Waals surface area contributed by atoms with Gasteiger partial charge >= 0.3 is 0 Å². The molecule has 0 unspecified atom stereocenters. The number of hydrogen-bond acceptors (Lipinski definition) is 4. The van der Waals surface area contributed by atoms with Gasteiger partial charge in [0.15, 0.2) is 0 Å². The van der Waals surface area contributed by atoms with E-state index in [4.69, 9.17) is 0 Å². The Morgan fingerprint density at radius 3 is 2.76 bits per heavy atom. The first-order valence-corrected chi connectivity index (χ1v) is 8.14. The van der Waals surface area contributed by atoms with Crippen LogP contribution in [0.5, 0.6) is 0 Å². The molecular formula is C12H13BrN4O3S. The van der Waals surface area contributed by atoms with Crippen molar-refractivity contribution in [3.8, 4) is 0 Å². The fraction of sp³-hybridized carbons (Fsp3) is 0.167. The lowest BCUT2D eigenvalue weighted by Gasteiger charge is -2.07. The first-order valence-electron chi connectivity index (χ1n) is 5.87. The van der Waals surface area contributed by atoms with Crippen molar-refractivity contribution in [1.82, 2.24) is 14.9 Å². The van der Waals surface area contributed by atoms with Gasteiger partial charge in [-0.3, -0.25) is 9.52 Å². The molecule has 0 aliphatic carbocycles. The number of hydrogen-bond donors (Lipinski definition) is 2. The van der Waals surface area contributed by atoms with Crippen LogP contribution in [0.1, 0.15) is 10.5 Å². The molecule has 2 N–H and O–H groups in total. The van der Waals surface area contributed by atoms with Crippen LogP contribution in [0, 0.1) is 0 Å². The van der Waals surface area contributed by atoms with Crippen molar-refractivity contribution < 1.29 is 13.2 Å². The molecule has 0 fully saturated rings. The quantitative estimate of drug-likeness (QED) is 0.792. The largest absolute Gasteiger partial charge is 0.354 e. The summed E-state index contributed by atoms with van der Waals surface area (Å²) in [6, 6.07) is 4.51. The SMILES string of the molecule is CNC(=O)c1cc(S(=O)(=O)Nc2cccnc2Br)cn1C. The third-order valence-corrected chi connectivity index (χ3v) is 4.72. The number of anilines is 1. The summed E-state index contributed by atoms with van der Waals surface area (Å²) >= 11 is 3.17. The molecule has 2 aromatic rings. The molecule has 0 saturated heterocycles. The van der Waals surface area contributed by atoms with Crippen molar-refractivity contribution >= 4 is 37.5 Å². The monoisotopic (exact) mass is 372 g/mol. The zero-order chi connectivity index (χ0) is 15.6. The summed E-state index contributed by atoms with van der Waals surface area (Å²) in [5.74, 6) is -0.360. The highest BCUT2D eigenvalue weighted by atomic mass is 79.9. The Hall–Kier alpha value is -1.87. The van der Waals surface area contributed by atoms with Crippen LogP contribution in [0.25, 0.3) is 0 Å². The van der Waals surface area contributed by atoms with Gasteiger partial charge in [0, 0.05) is 26.5 Å². The lowest BCUT2D eigenvalue weighted by Crippen LogP contribution is -2.20. The first kappa shape index (κ1) is 15.5. The molecule has 2 heterocycles. The highest BCUT2D eigenvalue weighted by Gasteiger charge is 2.21. The number of rotatable bonds is 4. The molecule has 0 aromatic carbocycles. The number of halogens is 1. The van der Waals surface area contributed by atoms with Gasteiger partial charge in [-0.2, -0.15) is 0 Å². The van der Waals surface area contributed by atoms with E-state index in [-0.39, 0.29) is 16.5 Å². The van der Waals surface area contributed by atoms with Gasteiger partial charge in [0.1, 0.15) is 15.2 Å². The standard InChI is InChI=1S/C12H13BrN4O3S/c1-14-12(18)10-6-8(7-17(10)2)21(19,20)16-9-4-3-5-15-11(9)13/h3-7,16H,1-2H3,(H,14,18). The van der Waals surface area contributed by atoms with Crippen LogP contribution in [0.4, 0.5) is 5.69 Å². The fourth-order valence-corrected chi connectivity index (χ4v) is 3.32. The Labute approximate surface area is 130 Å². The number of carbonyl (C=O) groups is 1.